The third kappa shape index (κ3) is 5.78. The summed E-state index contributed by atoms with van der Waals surface area (Å²) in [5.41, 5.74) is 1.05. The summed E-state index contributed by atoms with van der Waals surface area (Å²) < 4.78 is 11.0. The Morgan fingerprint density at radius 2 is 1.90 bits per heavy atom. The molecule has 0 spiro atoms. The van der Waals surface area contributed by atoms with E-state index in [0.717, 1.165) is 5.56 Å². The van der Waals surface area contributed by atoms with Gasteiger partial charge in [0.2, 0.25) is 5.91 Å². The lowest BCUT2D eigenvalue weighted by molar-refractivity contribution is -0.122. The summed E-state index contributed by atoms with van der Waals surface area (Å²) in [6, 6.07) is 14.6. The van der Waals surface area contributed by atoms with Gasteiger partial charge >= 0.3 is 0 Å². The number of nitrogens with one attached hydrogen (secondary N) is 2. The second-order valence-corrected chi connectivity index (χ2v) is 7.36. The molecule has 2 N–H and O–H groups in total. The first-order chi connectivity index (χ1) is 14.4. The minimum atomic E-state index is -0.744. The highest BCUT2D eigenvalue weighted by Crippen LogP contribution is 2.24. The summed E-state index contributed by atoms with van der Waals surface area (Å²) in [4.78, 5) is 24.9. The number of furan rings is 1. The highest BCUT2D eigenvalue weighted by Gasteiger charge is 2.19. The van der Waals surface area contributed by atoms with Crippen LogP contribution in [0.3, 0.4) is 0 Å². The highest BCUT2D eigenvalue weighted by atomic mass is 35.5. The summed E-state index contributed by atoms with van der Waals surface area (Å²) >= 11 is 12.1. The van der Waals surface area contributed by atoms with Crippen molar-refractivity contribution in [2.75, 3.05) is 0 Å². The van der Waals surface area contributed by atoms with E-state index in [2.05, 4.69) is 10.6 Å². The number of benzene rings is 2. The van der Waals surface area contributed by atoms with Gasteiger partial charge in [-0.3, -0.25) is 9.59 Å². The summed E-state index contributed by atoms with van der Waals surface area (Å²) in [5, 5.41) is 6.40. The largest absolute Gasteiger partial charge is 0.488 e. The van der Waals surface area contributed by atoms with Crippen LogP contribution in [0.4, 0.5) is 0 Å². The van der Waals surface area contributed by atoms with Crippen LogP contribution in [0.2, 0.25) is 10.0 Å². The molecule has 6 nitrogen and oxygen atoms in total. The Morgan fingerprint density at radius 3 is 2.63 bits per heavy atom. The van der Waals surface area contributed by atoms with Crippen LogP contribution in [0.5, 0.6) is 5.75 Å². The van der Waals surface area contributed by atoms with E-state index in [1.54, 1.807) is 61.5 Å². The molecule has 3 aromatic rings. The number of para-hydroxylation sites is 1. The number of hydrogen-bond acceptors (Lipinski definition) is 4. The van der Waals surface area contributed by atoms with Gasteiger partial charge < -0.3 is 19.8 Å². The molecule has 1 unspecified atom stereocenters. The molecular weight excluding hydrogens is 427 g/mol. The Labute approximate surface area is 184 Å². The van der Waals surface area contributed by atoms with Gasteiger partial charge in [-0.2, -0.15) is 0 Å². The average Bonchev–Trinajstić information content (AvgIpc) is 3.25. The average molecular weight is 447 g/mol. The monoisotopic (exact) mass is 446 g/mol. The molecule has 0 aliphatic carbocycles. The van der Waals surface area contributed by atoms with Crippen LogP contribution in [0, 0.1) is 0 Å². The summed E-state index contributed by atoms with van der Waals surface area (Å²) in [5.74, 6) is 0.255. The molecule has 1 aromatic heterocycles. The van der Waals surface area contributed by atoms with Gasteiger partial charge in [0.05, 0.1) is 18.4 Å². The molecule has 0 aliphatic heterocycles. The molecule has 0 aliphatic rings. The molecule has 0 saturated heterocycles. The van der Waals surface area contributed by atoms with E-state index in [1.807, 2.05) is 0 Å². The Bertz CT molecular complexity index is 1020. The summed E-state index contributed by atoms with van der Waals surface area (Å²) in [6.45, 7) is 2.01. The number of carbonyl (C=O) groups is 2. The smallest absolute Gasteiger partial charge is 0.255 e. The first kappa shape index (κ1) is 21.7. The van der Waals surface area contributed by atoms with Crippen molar-refractivity contribution in [3.63, 3.8) is 0 Å². The van der Waals surface area contributed by atoms with Gasteiger partial charge in [-0.1, -0.05) is 41.4 Å². The van der Waals surface area contributed by atoms with E-state index in [9.17, 15) is 9.59 Å². The van der Waals surface area contributed by atoms with Crippen molar-refractivity contribution in [1.29, 1.82) is 0 Å². The van der Waals surface area contributed by atoms with Crippen LogP contribution in [0.15, 0.2) is 65.3 Å². The molecule has 1 atom stereocenters. The molecule has 0 fully saturated rings. The number of amides is 2. The van der Waals surface area contributed by atoms with Crippen molar-refractivity contribution in [1.82, 2.24) is 10.6 Å². The van der Waals surface area contributed by atoms with E-state index in [1.165, 1.54) is 6.26 Å². The number of hydrogen-bond donors (Lipinski definition) is 2. The zero-order valence-corrected chi connectivity index (χ0v) is 17.7. The predicted molar refractivity (Wildman–Crippen MR) is 115 cm³/mol. The predicted octanol–water partition coefficient (Wildman–Crippen LogP) is 4.60. The maximum absolute atomic E-state index is 12.7. The molecule has 0 radical (unpaired) electrons. The number of carbonyl (C=O) groups excluding carboxylic acids is 2. The Hall–Kier alpha value is -2.96. The third-order valence-corrected chi connectivity index (χ3v) is 4.87. The highest BCUT2D eigenvalue weighted by molar-refractivity contribution is 6.35. The van der Waals surface area contributed by atoms with Gasteiger partial charge in [0.1, 0.15) is 24.2 Å². The van der Waals surface area contributed by atoms with Crippen molar-refractivity contribution in [2.45, 2.75) is 26.1 Å². The van der Waals surface area contributed by atoms with Gasteiger partial charge in [-0.25, -0.2) is 0 Å². The van der Waals surface area contributed by atoms with Crippen molar-refractivity contribution in [2.24, 2.45) is 0 Å². The molecule has 2 aromatic carbocycles. The SMILES string of the molecule is CC(NC(=O)c1ccccc1OCc1ccc(Cl)cc1Cl)C(=O)NCc1ccco1. The molecule has 0 saturated carbocycles. The fourth-order valence-corrected chi connectivity index (χ4v) is 3.12. The van der Waals surface area contributed by atoms with Gasteiger partial charge in [0.15, 0.2) is 0 Å². The number of rotatable bonds is 8. The fourth-order valence-electron chi connectivity index (χ4n) is 2.65. The van der Waals surface area contributed by atoms with E-state index in [-0.39, 0.29) is 19.1 Å². The van der Waals surface area contributed by atoms with E-state index >= 15 is 0 Å². The Kier molecular flexibility index (Phi) is 7.38. The molecule has 30 heavy (non-hydrogen) atoms. The van der Waals surface area contributed by atoms with E-state index < -0.39 is 11.9 Å². The standard InChI is InChI=1S/C22H20Cl2N2O4/c1-14(21(27)25-12-17-5-4-10-29-17)26-22(28)18-6-2-3-7-20(18)30-13-15-8-9-16(23)11-19(15)24/h2-11,14H,12-13H2,1H3,(H,25,27)(H,26,28). The quantitative estimate of drug-likeness (QED) is 0.529. The summed E-state index contributed by atoms with van der Waals surface area (Å²) in [6.07, 6.45) is 1.53. The second-order valence-electron chi connectivity index (χ2n) is 6.51. The first-order valence-electron chi connectivity index (χ1n) is 9.20. The molecular formula is C22H20Cl2N2O4. The first-order valence-corrected chi connectivity index (χ1v) is 9.96. The van der Waals surface area contributed by atoms with Gasteiger partial charge in [-0.15, -0.1) is 0 Å². The molecule has 0 bridgehead atoms. The fraction of sp³-hybridized carbons (Fsp3) is 0.182. The van der Waals surface area contributed by atoms with Gasteiger partial charge in [0, 0.05) is 15.6 Å². The van der Waals surface area contributed by atoms with Crippen molar-refractivity contribution >= 4 is 35.0 Å². The molecule has 2 amide bonds. The van der Waals surface area contributed by atoms with Crippen LogP contribution < -0.4 is 15.4 Å². The zero-order valence-electron chi connectivity index (χ0n) is 16.2. The van der Waals surface area contributed by atoms with Crippen molar-refractivity contribution in [3.05, 3.63) is 87.8 Å². The van der Waals surface area contributed by atoms with Gasteiger partial charge in [0.25, 0.3) is 5.91 Å². The second kappa shape index (κ2) is 10.2. The molecule has 8 heteroatoms. The van der Waals surface area contributed by atoms with Crippen LogP contribution in [-0.4, -0.2) is 17.9 Å². The van der Waals surface area contributed by atoms with E-state index in [0.29, 0.717) is 27.1 Å². The minimum absolute atomic E-state index is 0.166. The Balaban J connectivity index is 1.61. The van der Waals surface area contributed by atoms with Crippen LogP contribution in [-0.2, 0) is 17.9 Å². The van der Waals surface area contributed by atoms with Crippen LogP contribution in [0.25, 0.3) is 0 Å². The maximum atomic E-state index is 12.7. The molecule has 1 heterocycles. The van der Waals surface area contributed by atoms with Crippen molar-refractivity contribution < 1.29 is 18.7 Å². The lowest BCUT2D eigenvalue weighted by Crippen LogP contribution is -2.44. The molecule has 3 rings (SSSR count). The normalized spacial score (nSPS) is 11.6. The molecule has 156 valence electrons. The maximum Gasteiger partial charge on any atom is 0.255 e. The third-order valence-electron chi connectivity index (χ3n) is 4.29. The lowest BCUT2D eigenvalue weighted by atomic mass is 10.1. The number of ether oxygens (including phenoxy) is 1. The van der Waals surface area contributed by atoms with Gasteiger partial charge in [-0.05, 0) is 43.3 Å². The number of halogens is 2. The Morgan fingerprint density at radius 1 is 1.10 bits per heavy atom. The van der Waals surface area contributed by atoms with Crippen LogP contribution in [0.1, 0.15) is 28.6 Å². The topological polar surface area (TPSA) is 80.6 Å². The van der Waals surface area contributed by atoms with Crippen molar-refractivity contribution in [3.8, 4) is 5.75 Å². The lowest BCUT2D eigenvalue weighted by Gasteiger charge is -2.16. The van der Waals surface area contributed by atoms with E-state index in [4.69, 9.17) is 32.4 Å². The minimum Gasteiger partial charge on any atom is -0.488 e. The van der Waals surface area contributed by atoms with Crippen LogP contribution >= 0.6 is 23.2 Å². The zero-order chi connectivity index (χ0) is 21.5. The summed E-state index contributed by atoms with van der Waals surface area (Å²) in [7, 11) is 0.